The highest BCUT2D eigenvalue weighted by Gasteiger charge is 2.24. The third-order valence-electron chi connectivity index (χ3n) is 4.03. The first-order valence-corrected chi connectivity index (χ1v) is 8.06. The van der Waals surface area contributed by atoms with E-state index in [1.54, 1.807) is 30.6 Å². The van der Waals surface area contributed by atoms with Gasteiger partial charge in [0.25, 0.3) is 11.5 Å². The topological polar surface area (TPSA) is 93.5 Å². The molecule has 2 aromatic heterocycles. The van der Waals surface area contributed by atoms with Crippen LogP contribution in [0.3, 0.4) is 0 Å². The minimum atomic E-state index is -0.249. The van der Waals surface area contributed by atoms with Crippen molar-refractivity contribution >= 4 is 11.7 Å². The Balaban J connectivity index is 1.65. The molecular weight excluding hydrogens is 324 g/mol. The van der Waals surface area contributed by atoms with Gasteiger partial charge in [0.05, 0.1) is 19.3 Å². The van der Waals surface area contributed by atoms with Gasteiger partial charge in [-0.25, -0.2) is 9.67 Å². The zero-order chi connectivity index (χ0) is 17.6. The molecule has 25 heavy (non-hydrogen) atoms. The minimum Gasteiger partial charge on any atom is -0.383 e. The fourth-order valence-electron chi connectivity index (χ4n) is 2.66. The molecule has 0 atom stereocenters. The van der Waals surface area contributed by atoms with Crippen LogP contribution in [-0.2, 0) is 11.3 Å². The fraction of sp³-hybridized carbons (Fsp3) is 0.438. The summed E-state index contributed by atoms with van der Waals surface area (Å²) in [4.78, 5) is 36.6. The summed E-state index contributed by atoms with van der Waals surface area (Å²) in [6.07, 6.45) is 5.00. The standard InChI is InChI=1S/C16H20N6O3/c1-25-11-10-22-15(23)3-2-13(19-22)16(24)21-8-6-20(7-9-21)14-12-17-4-5-18-14/h2-5,12H,6-11H2,1H3. The molecule has 9 nitrogen and oxygen atoms in total. The fourth-order valence-corrected chi connectivity index (χ4v) is 2.66. The maximum absolute atomic E-state index is 12.7. The van der Waals surface area contributed by atoms with Crippen molar-refractivity contribution in [3.63, 3.8) is 0 Å². The lowest BCUT2D eigenvalue weighted by molar-refractivity contribution is 0.0736. The number of aromatic nitrogens is 4. The number of ether oxygens (including phenoxy) is 1. The molecule has 3 heterocycles. The van der Waals surface area contributed by atoms with Gasteiger partial charge in [-0.3, -0.25) is 14.6 Å². The average Bonchev–Trinajstić information content (AvgIpc) is 2.67. The zero-order valence-electron chi connectivity index (χ0n) is 14.0. The van der Waals surface area contributed by atoms with Crippen molar-refractivity contribution in [3.8, 4) is 0 Å². The lowest BCUT2D eigenvalue weighted by Gasteiger charge is -2.35. The van der Waals surface area contributed by atoms with Crippen LogP contribution in [0.4, 0.5) is 5.82 Å². The molecule has 0 aliphatic carbocycles. The molecule has 0 unspecified atom stereocenters. The van der Waals surface area contributed by atoms with Gasteiger partial charge in [-0.15, -0.1) is 0 Å². The molecule has 0 bridgehead atoms. The third-order valence-corrected chi connectivity index (χ3v) is 4.03. The Labute approximate surface area is 144 Å². The van der Waals surface area contributed by atoms with E-state index < -0.39 is 0 Å². The first kappa shape index (κ1) is 17.0. The molecule has 1 aliphatic heterocycles. The second kappa shape index (κ2) is 7.84. The Bertz CT molecular complexity index is 771. The summed E-state index contributed by atoms with van der Waals surface area (Å²) < 4.78 is 6.22. The lowest BCUT2D eigenvalue weighted by atomic mass is 10.2. The Kier molecular flexibility index (Phi) is 5.34. The monoisotopic (exact) mass is 344 g/mol. The van der Waals surface area contributed by atoms with Crippen LogP contribution in [0.5, 0.6) is 0 Å². The first-order valence-electron chi connectivity index (χ1n) is 8.06. The number of nitrogens with zero attached hydrogens (tertiary/aromatic N) is 6. The van der Waals surface area contributed by atoms with E-state index in [1.165, 1.54) is 16.8 Å². The first-order chi connectivity index (χ1) is 12.2. The van der Waals surface area contributed by atoms with Gasteiger partial charge < -0.3 is 14.5 Å². The van der Waals surface area contributed by atoms with Gasteiger partial charge in [-0.1, -0.05) is 0 Å². The van der Waals surface area contributed by atoms with Crippen molar-refractivity contribution in [2.75, 3.05) is 44.8 Å². The summed E-state index contributed by atoms with van der Waals surface area (Å²) in [5.41, 5.74) is 0.0183. The predicted octanol–water partition coefficient (Wildman–Crippen LogP) is -0.358. The zero-order valence-corrected chi connectivity index (χ0v) is 14.0. The highest BCUT2D eigenvalue weighted by molar-refractivity contribution is 5.92. The summed E-state index contributed by atoms with van der Waals surface area (Å²) >= 11 is 0. The Hall–Kier alpha value is -2.81. The van der Waals surface area contributed by atoms with Crippen molar-refractivity contribution in [3.05, 3.63) is 46.8 Å². The summed E-state index contributed by atoms with van der Waals surface area (Å²) in [6.45, 7) is 3.16. The van der Waals surface area contributed by atoms with E-state index in [9.17, 15) is 9.59 Å². The van der Waals surface area contributed by atoms with Crippen molar-refractivity contribution in [2.24, 2.45) is 0 Å². The Morgan fingerprint density at radius 1 is 1.20 bits per heavy atom. The summed E-state index contributed by atoms with van der Waals surface area (Å²) in [5, 5.41) is 4.16. The maximum Gasteiger partial charge on any atom is 0.274 e. The van der Waals surface area contributed by atoms with E-state index in [-0.39, 0.29) is 17.2 Å². The molecule has 132 valence electrons. The molecule has 0 N–H and O–H groups in total. The molecule has 0 aromatic carbocycles. The highest BCUT2D eigenvalue weighted by Crippen LogP contribution is 2.12. The van der Waals surface area contributed by atoms with Gasteiger partial charge in [-0.2, -0.15) is 5.10 Å². The molecule has 1 saturated heterocycles. The molecule has 1 fully saturated rings. The molecule has 0 saturated carbocycles. The second-order valence-electron chi connectivity index (χ2n) is 5.62. The molecule has 1 amide bonds. The van der Waals surface area contributed by atoms with Crippen LogP contribution < -0.4 is 10.5 Å². The molecular formula is C16H20N6O3. The highest BCUT2D eigenvalue weighted by atomic mass is 16.5. The molecule has 0 radical (unpaired) electrons. The second-order valence-corrected chi connectivity index (χ2v) is 5.62. The average molecular weight is 344 g/mol. The van der Waals surface area contributed by atoms with Gasteiger partial charge in [0, 0.05) is 51.7 Å². The largest absolute Gasteiger partial charge is 0.383 e. The minimum absolute atomic E-state index is 0.176. The van der Waals surface area contributed by atoms with Crippen molar-refractivity contribution in [1.82, 2.24) is 24.6 Å². The Morgan fingerprint density at radius 2 is 2.00 bits per heavy atom. The summed E-state index contributed by atoms with van der Waals surface area (Å²) in [6, 6.07) is 2.84. The smallest absolute Gasteiger partial charge is 0.274 e. The summed E-state index contributed by atoms with van der Waals surface area (Å²) in [7, 11) is 1.55. The lowest BCUT2D eigenvalue weighted by Crippen LogP contribution is -2.49. The van der Waals surface area contributed by atoms with Gasteiger partial charge in [-0.05, 0) is 6.07 Å². The molecule has 2 aromatic rings. The van der Waals surface area contributed by atoms with E-state index in [0.717, 1.165) is 5.82 Å². The SMILES string of the molecule is COCCn1nc(C(=O)N2CCN(c3cnccn3)CC2)ccc1=O. The van der Waals surface area contributed by atoms with Crippen molar-refractivity contribution < 1.29 is 9.53 Å². The van der Waals surface area contributed by atoms with Crippen LogP contribution in [0.2, 0.25) is 0 Å². The molecule has 1 aliphatic rings. The molecule has 9 heteroatoms. The quantitative estimate of drug-likeness (QED) is 0.731. The number of hydrogen-bond acceptors (Lipinski definition) is 7. The normalized spacial score (nSPS) is 14.6. The van der Waals surface area contributed by atoms with Gasteiger partial charge >= 0.3 is 0 Å². The van der Waals surface area contributed by atoms with Gasteiger partial charge in [0.15, 0.2) is 0 Å². The van der Waals surface area contributed by atoms with E-state index in [4.69, 9.17) is 4.74 Å². The van der Waals surface area contributed by atoms with Crippen LogP contribution >= 0.6 is 0 Å². The van der Waals surface area contributed by atoms with Crippen LogP contribution in [-0.4, -0.2) is 70.5 Å². The van der Waals surface area contributed by atoms with Crippen LogP contribution in [0.15, 0.2) is 35.5 Å². The molecule has 0 spiro atoms. The van der Waals surface area contributed by atoms with Crippen molar-refractivity contribution in [2.45, 2.75) is 6.54 Å². The van der Waals surface area contributed by atoms with Crippen LogP contribution in [0, 0.1) is 0 Å². The number of carbonyl (C=O) groups excluding carboxylic acids is 1. The third kappa shape index (κ3) is 4.00. The van der Waals surface area contributed by atoms with Gasteiger partial charge in [0.2, 0.25) is 0 Å². The van der Waals surface area contributed by atoms with E-state index >= 15 is 0 Å². The number of hydrogen-bond donors (Lipinski definition) is 0. The number of piperazine rings is 1. The number of carbonyl (C=O) groups is 1. The number of amides is 1. The van der Waals surface area contributed by atoms with E-state index in [2.05, 4.69) is 20.0 Å². The number of methoxy groups -OCH3 is 1. The Morgan fingerprint density at radius 3 is 2.68 bits per heavy atom. The predicted molar refractivity (Wildman–Crippen MR) is 90.5 cm³/mol. The molecule has 3 rings (SSSR count). The van der Waals surface area contributed by atoms with E-state index in [1.807, 2.05) is 0 Å². The maximum atomic E-state index is 12.7. The van der Waals surface area contributed by atoms with Crippen molar-refractivity contribution in [1.29, 1.82) is 0 Å². The van der Waals surface area contributed by atoms with Crippen LogP contribution in [0.1, 0.15) is 10.5 Å². The van der Waals surface area contributed by atoms with Gasteiger partial charge in [0.1, 0.15) is 11.5 Å². The number of anilines is 1. The number of rotatable bonds is 5. The summed E-state index contributed by atoms with van der Waals surface area (Å²) in [5.74, 6) is 0.630. The van der Waals surface area contributed by atoms with E-state index in [0.29, 0.717) is 39.3 Å². The van der Waals surface area contributed by atoms with Crippen LogP contribution in [0.25, 0.3) is 0 Å².